The van der Waals surface area contributed by atoms with Crippen LogP contribution in [0.5, 0.6) is 5.75 Å². The molecule has 0 aliphatic rings. The van der Waals surface area contributed by atoms with E-state index in [-0.39, 0.29) is 23.2 Å². The van der Waals surface area contributed by atoms with Crippen LogP contribution < -0.4 is 14.4 Å². The minimum Gasteiger partial charge on any atom is -0.495 e. The zero-order valence-electron chi connectivity index (χ0n) is 18.8. The number of benzene rings is 2. The summed E-state index contributed by atoms with van der Waals surface area (Å²) >= 11 is 6.16. The lowest BCUT2D eigenvalue weighted by Crippen LogP contribution is -2.50. The summed E-state index contributed by atoms with van der Waals surface area (Å²) in [5.74, 6) is -0.507. The molecule has 0 spiro atoms. The number of nitrogens with zero attached hydrogens (tertiary/aromatic N) is 2. The second-order valence-electron chi connectivity index (χ2n) is 7.39. The fourth-order valence-electron chi connectivity index (χ4n) is 3.11. The predicted octanol–water partition coefficient (Wildman–Crippen LogP) is 2.59. The zero-order valence-corrected chi connectivity index (χ0v) is 20.3. The summed E-state index contributed by atoms with van der Waals surface area (Å²) in [6.45, 7) is 3.20. The van der Waals surface area contributed by atoms with Gasteiger partial charge in [0.05, 0.1) is 24.1 Å². The van der Waals surface area contributed by atoms with E-state index in [0.717, 1.165) is 21.7 Å². The van der Waals surface area contributed by atoms with Crippen molar-refractivity contribution in [2.75, 3.05) is 31.3 Å². The summed E-state index contributed by atoms with van der Waals surface area (Å²) in [5, 5.41) is 2.74. The number of carbonyl (C=O) groups excluding carboxylic acids is 2. The second-order valence-corrected chi connectivity index (χ2v) is 9.70. The average molecular weight is 482 g/mol. The number of carbonyl (C=O) groups is 2. The van der Waals surface area contributed by atoms with E-state index in [0.29, 0.717) is 5.75 Å². The lowest BCUT2D eigenvalue weighted by Gasteiger charge is -2.31. The predicted molar refractivity (Wildman–Crippen MR) is 125 cm³/mol. The van der Waals surface area contributed by atoms with Crippen molar-refractivity contribution in [1.82, 2.24) is 10.2 Å². The molecule has 0 bridgehead atoms. The van der Waals surface area contributed by atoms with Crippen LogP contribution in [0, 0.1) is 6.92 Å². The molecule has 2 aromatic carbocycles. The maximum atomic E-state index is 13.3. The molecule has 0 saturated heterocycles. The molecule has 0 aliphatic carbocycles. The number of nitrogens with one attached hydrogen (secondary N) is 1. The second kappa shape index (κ2) is 10.7. The van der Waals surface area contributed by atoms with E-state index in [1.807, 2.05) is 31.2 Å². The summed E-state index contributed by atoms with van der Waals surface area (Å²) in [5.41, 5.74) is 2.10. The van der Waals surface area contributed by atoms with Crippen LogP contribution >= 0.6 is 11.6 Å². The van der Waals surface area contributed by atoms with Crippen LogP contribution in [0.15, 0.2) is 42.5 Å². The van der Waals surface area contributed by atoms with Gasteiger partial charge in [-0.1, -0.05) is 41.4 Å². The van der Waals surface area contributed by atoms with Gasteiger partial charge in [-0.3, -0.25) is 13.9 Å². The van der Waals surface area contributed by atoms with Gasteiger partial charge >= 0.3 is 0 Å². The normalized spacial score (nSPS) is 12.1. The standard InChI is InChI=1S/C22H28ClN3O5S/c1-15-6-8-17(9-7-15)13-25(16(2)22(28)24-3)21(27)14-26(32(5,29)30)18-10-11-20(31-4)19(23)12-18/h6-12,16H,13-14H2,1-5H3,(H,24,28). The first kappa shape index (κ1) is 25.5. The van der Waals surface area contributed by atoms with Gasteiger partial charge in [0.1, 0.15) is 18.3 Å². The molecular formula is C22H28ClN3O5S. The molecule has 1 N–H and O–H groups in total. The van der Waals surface area contributed by atoms with Gasteiger partial charge in [0.2, 0.25) is 21.8 Å². The van der Waals surface area contributed by atoms with E-state index in [1.165, 1.54) is 37.3 Å². The molecule has 8 nitrogen and oxygen atoms in total. The summed E-state index contributed by atoms with van der Waals surface area (Å²) < 4.78 is 31.1. The molecule has 10 heteroatoms. The first-order valence-electron chi connectivity index (χ1n) is 9.85. The highest BCUT2D eigenvalue weighted by molar-refractivity contribution is 7.92. The Morgan fingerprint density at radius 3 is 2.28 bits per heavy atom. The number of halogens is 1. The van der Waals surface area contributed by atoms with Crippen molar-refractivity contribution < 1.29 is 22.7 Å². The Kier molecular flexibility index (Phi) is 8.51. The maximum Gasteiger partial charge on any atom is 0.244 e. The van der Waals surface area contributed by atoms with Gasteiger partial charge in [0, 0.05) is 13.6 Å². The molecule has 2 amide bonds. The molecule has 0 saturated carbocycles. The number of hydrogen-bond donors (Lipinski definition) is 1. The van der Waals surface area contributed by atoms with Crippen molar-refractivity contribution >= 4 is 39.1 Å². The van der Waals surface area contributed by atoms with Crippen molar-refractivity contribution in [3.63, 3.8) is 0 Å². The van der Waals surface area contributed by atoms with E-state index in [9.17, 15) is 18.0 Å². The molecule has 0 aliphatic heterocycles. The minimum atomic E-state index is -3.83. The van der Waals surface area contributed by atoms with Gasteiger partial charge in [0.25, 0.3) is 0 Å². The number of anilines is 1. The number of rotatable bonds is 9. The molecule has 2 rings (SSSR count). The maximum absolute atomic E-state index is 13.3. The quantitative estimate of drug-likeness (QED) is 0.594. The molecule has 0 radical (unpaired) electrons. The number of hydrogen-bond acceptors (Lipinski definition) is 5. The van der Waals surface area contributed by atoms with E-state index in [2.05, 4.69) is 5.32 Å². The highest BCUT2D eigenvalue weighted by Gasteiger charge is 2.30. The van der Waals surface area contributed by atoms with Crippen LogP contribution in [0.4, 0.5) is 5.69 Å². The largest absolute Gasteiger partial charge is 0.495 e. The lowest BCUT2D eigenvalue weighted by molar-refractivity contribution is -0.139. The van der Waals surface area contributed by atoms with Crippen molar-refractivity contribution in [3.05, 3.63) is 58.6 Å². The topological polar surface area (TPSA) is 96.0 Å². The van der Waals surface area contributed by atoms with Crippen LogP contribution in [0.3, 0.4) is 0 Å². The average Bonchev–Trinajstić information content (AvgIpc) is 2.75. The summed E-state index contributed by atoms with van der Waals surface area (Å²) in [6.07, 6.45) is 1.00. The third kappa shape index (κ3) is 6.37. The van der Waals surface area contributed by atoms with E-state index in [4.69, 9.17) is 16.3 Å². The Balaban J connectivity index is 2.39. The van der Waals surface area contributed by atoms with E-state index >= 15 is 0 Å². The van der Waals surface area contributed by atoms with Gasteiger partial charge in [-0.05, 0) is 37.6 Å². The van der Waals surface area contributed by atoms with Crippen LogP contribution in [0.1, 0.15) is 18.1 Å². The number of aryl methyl sites for hydroxylation is 1. The number of sulfonamides is 1. The van der Waals surface area contributed by atoms with Gasteiger partial charge in [-0.2, -0.15) is 0 Å². The Morgan fingerprint density at radius 1 is 1.16 bits per heavy atom. The van der Waals surface area contributed by atoms with Crippen molar-refractivity contribution in [2.24, 2.45) is 0 Å². The summed E-state index contributed by atoms with van der Waals surface area (Å²) in [6, 6.07) is 11.2. The molecule has 1 atom stereocenters. The third-order valence-corrected chi connectivity index (χ3v) is 6.43. The van der Waals surface area contributed by atoms with E-state index in [1.54, 1.807) is 6.92 Å². The molecule has 2 aromatic rings. The minimum absolute atomic E-state index is 0.147. The smallest absolute Gasteiger partial charge is 0.244 e. The van der Waals surface area contributed by atoms with Gasteiger partial charge in [-0.25, -0.2) is 8.42 Å². The van der Waals surface area contributed by atoms with Crippen molar-refractivity contribution in [1.29, 1.82) is 0 Å². The highest BCUT2D eigenvalue weighted by Crippen LogP contribution is 2.30. The Bertz CT molecular complexity index is 1070. The number of methoxy groups -OCH3 is 1. The summed E-state index contributed by atoms with van der Waals surface area (Å²) in [4.78, 5) is 27.0. The molecule has 0 heterocycles. The Morgan fingerprint density at radius 2 is 1.78 bits per heavy atom. The third-order valence-electron chi connectivity index (χ3n) is 4.99. The molecule has 32 heavy (non-hydrogen) atoms. The van der Waals surface area contributed by atoms with Crippen LogP contribution in [-0.4, -0.2) is 58.1 Å². The zero-order chi connectivity index (χ0) is 24.1. The van der Waals surface area contributed by atoms with Crippen molar-refractivity contribution in [3.8, 4) is 5.75 Å². The molecule has 0 fully saturated rings. The Hall–Kier alpha value is -2.78. The van der Waals surface area contributed by atoms with Gasteiger partial charge < -0.3 is 15.0 Å². The van der Waals surface area contributed by atoms with Gasteiger partial charge in [-0.15, -0.1) is 0 Å². The first-order chi connectivity index (χ1) is 15.0. The highest BCUT2D eigenvalue weighted by atomic mass is 35.5. The van der Waals surface area contributed by atoms with Crippen LogP contribution in [0.25, 0.3) is 0 Å². The fraction of sp³-hybridized carbons (Fsp3) is 0.364. The number of ether oxygens (including phenoxy) is 1. The van der Waals surface area contributed by atoms with Crippen LogP contribution in [-0.2, 0) is 26.2 Å². The van der Waals surface area contributed by atoms with Gasteiger partial charge in [0.15, 0.2) is 0 Å². The number of amides is 2. The Labute approximate surface area is 194 Å². The SMILES string of the molecule is CNC(=O)C(C)N(Cc1ccc(C)cc1)C(=O)CN(c1ccc(OC)c(Cl)c1)S(C)(=O)=O. The first-order valence-corrected chi connectivity index (χ1v) is 12.1. The van der Waals surface area contributed by atoms with E-state index < -0.39 is 28.5 Å². The van der Waals surface area contributed by atoms with Crippen molar-refractivity contribution in [2.45, 2.75) is 26.4 Å². The lowest BCUT2D eigenvalue weighted by atomic mass is 10.1. The fourth-order valence-corrected chi connectivity index (χ4v) is 4.20. The molecule has 174 valence electrons. The van der Waals surface area contributed by atoms with Crippen LogP contribution in [0.2, 0.25) is 5.02 Å². The molecule has 0 aromatic heterocycles. The number of likely N-dealkylation sites (N-methyl/N-ethyl adjacent to an activating group) is 1. The molecule has 1 unspecified atom stereocenters. The molecular weight excluding hydrogens is 454 g/mol. The summed E-state index contributed by atoms with van der Waals surface area (Å²) in [7, 11) is -0.899. The monoisotopic (exact) mass is 481 g/mol.